The number of carboxylic acids is 1. The molecule has 21 heavy (non-hydrogen) atoms. The molecule has 4 heteroatoms. The van der Waals surface area contributed by atoms with Gasteiger partial charge in [0.15, 0.2) is 0 Å². The van der Waals surface area contributed by atoms with Crippen LogP contribution in [0.4, 0.5) is 0 Å². The van der Waals surface area contributed by atoms with Crippen LogP contribution in [-0.2, 0) is 4.79 Å². The summed E-state index contributed by atoms with van der Waals surface area (Å²) in [6.45, 7) is 3.32. The van der Waals surface area contributed by atoms with Gasteiger partial charge in [-0.2, -0.15) is 0 Å². The molecule has 0 amide bonds. The molecule has 0 saturated carbocycles. The fraction of sp³-hybridized carbons (Fsp3) is 0.353. The maximum absolute atomic E-state index is 11.4. The van der Waals surface area contributed by atoms with Crippen LogP contribution in [0, 0.1) is 11.8 Å². The van der Waals surface area contributed by atoms with Gasteiger partial charge in [-0.3, -0.25) is 9.69 Å². The minimum absolute atomic E-state index is 0.0204. The quantitative estimate of drug-likeness (QED) is 0.938. The number of furan rings is 1. The van der Waals surface area contributed by atoms with Gasteiger partial charge < -0.3 is 9.52 Å². The van der Waals surface area contributed by atoms with Gasteiger partial charge in [-0.15, -0.1) is 0 Å². The first kappa shape index (κ1) is 13.9. The summed E-state index contributed by atoms with van der Waals surface area (Å²) in [6, 6.07) is 13.9. The van der Waals surface area contributed by atoms with Gasteiger partial charge in [0.25, 0.3) is 0 Å². The number of hydrogen-bond acceptors (Lipinski definition) is 3. The average Bonchev–Trinajstić information content (AvgIpc) is 3.11. The predicted molar refractivity (Wildman–Crippen MR) is 78.9 cm³/mol. The Balaban J connectivity index is 1.93. The van der Waals surface area contributed by atoms with E-state index in [0.717, 1.165) is 17.9 Å². The van der Waals surface area contributed by atoms with Gasteiger partial charge in [-0.05, 0) is 23.6 Å². The van der Waals surface area contributed by atoms with Crippen LogP contribution in [-0.4, -0.2) is 29.1 Å². The van der Waals surface area contributed by atoms with Gasteiger partial charge in [0.2, 0.25) is 0 Å². The minimum atomic E-state index is -0.712. The highest BCUT2D eigenvalue weighted by Crippen LogP contribution is 2.35. The molecule has 1 aliphatic heterocycles. The number of rotatable bonds is 4. The normalized spacial score (nSPS) is 24.0. The summed E-state index contributed by atoms with van der Waals surface area (Å²) in [5.74, 6) is -0.0226. The van der Waals surface area contributed by atoms with Crippen molar-refractivity contribution in [1.82, 2.24) is 4.90 Å². The van der Waals surface area contributed by atoms with Gasteiger partial charge in [0.05, 0.1) is 18.2 Å². The molecule has 4 nitrogen and oxygen atoms in total. The standard InChI is InChI=1S/C17H19NO3/c1-12-10-18(11-14(12)17(19)20)16(15-8-5-9-21-15)13-6-3-2-4-7-13/h2-9,12,14,16H,10-11H2,1H3,(H,19,20). The molecule has 0 aliphatic carbocycles. The SMILES string of the molecule is CC1CN(C(c2ccccc2)c2ccco2)CC1C(=O)O. The van der Waals surface area contributed by atoms with Gasteiger partial charge in [0.1, 0.15) is 5.76 Å². The van der Waals surface area contributed by atoms with E-state index in [2.05, 4.69) is 17.0 Å². The summed E-state index contributed by atoms with van der Waals surface area (Å²) >= 11 is 0. The number of hydrogen-bond donors (Lipinski definition) is 1. The number of likely N-dealkylation sites (tertiary alicyclic amines) is 1. The van der Waals surface area contributed by atoms with E-state index < -0.39 is 5.97 Å². The lowest BCUT2D eigenvalue weighted by molar-refractivity contribution is -0.142. The molecule has 0 radical (unpaired) electrons. The van der Waals surface area contributed by atoms with E-state index in [0.29, 0.717) is 6.54 Å². The zero-order valence-electron chi connectivity index (χ0n) is 12.0. The van der Waals surface area contributed by atoms with E-state index in [-0.39, 0.29) is 17.9 Å². The first-order valence-electron chi connectivity index (χ1n) is 7.22. The van der Waals surface area contributed by atoms with Gasteiger partial charge in [-0.1, -0.05) is 37.3 Å². The molecule has 2 aromatic rings. The van der Waals surface area contributed by atoms with Crippen LogP contribution in [0.5, 0.6) is 0 Å². The van der Waals surface area contributed by atoms with E-state index in [4.69, 9.17) is 4.42 Å². The maximum atomic E-state index is 11.4. The van der Waals surface area contributed by atoms with Crippen LogP contribution in [0.15, 0.2) is 53.1 Å². The van der Waals surface area contributed by atoms with E-state index in [1.165, 1.54) is 0 Å². The second-order valence-electron chi connectivity index (χ2n) is 5.70. The van der Waals surface area contributed by atoms with Crippen LogP contribution < -0.4 is 0 Å². The highest BCUT2D eigenvalue weighted by Gasteiger charge is 2.39. The van der Waals surface area contributed by atoms with E-state index in [9.17, 15) is 9.90 Å². The number of nitrogens with zero attached hydrogens (tertiary/aromatic N) is 1. The molecule has 1 saturated heterocycles. The van der Waals surface area contributed by atoms with Gasteiger partial charge in [0, 0.05) is 13.1 Å². The molecule has 2 heterocycles. The molecule has 1 aliphatic rings. The first-order valence-corrected chi connectivity index (χ1v) is 7.22. The van der Waals surface area contributed by atoms with Crippen LogP contribution in [0.1, 0.15) is 24.3 Å². The van der Waals surface area contributed by atoms with Gasteiger partial charge in [-0.25, -0.2) is 0 Å². The van der Waals surface area contributed by atoms with Crippen molar-refractivity contribution in [3.8, 4) is 0 Å². The highest BCUT2D eigenvalue weighted by atomic mass is 16.4. The Bertz CT molecular complexity index is 594. The Labute approximate surface area is 124 Å². The first-order chi connectivity index (χ1) is 10.2. The third-order valence-corrected chi connectivity index (χ3v) is 4.25. The Kier molecular flexibility index (Phi) is 3.80. The molecule has 1 aromatic carbocycles. The summed E-state index contributed by atoms with van der Waals surface area (Å²) in [7, 11) is 0. The lowest BCUT2D eigenvalue weighted by Crippen LogP contribution is -2.28. The van der Waals surface area contributed by atoms with Crippen molar-refractivity contribution in [2.45, 2.75) is 13.0 Å². The fourth-order valence-electron chi connectivity index (χ4n) is 3.17. The third-order valence-electron chi connectivity index (χ3n) is 4.25. The van der Waals surface area contributed by atoms with Crippen molar-refractivity contribution >= 4 is 5.97 Å². The lowest BCUT2D eigenvalue weighted by Gasteiger charge is -2.26. The number of benzene rings is 1. The van der Waals surface area contributed by atoms with Crippen LogP contribution in [0.25, 0.3) is 0 Å². The molecule has 1 fully saturated rings. The molecule has 3 rings (SSSR count). The molecule has 1 N–H and O–H groups in total. The van der Waals surface area contributed by atoms with Crippen molar-refractivity contribution in [3.05, 3.63) is 60.1 Å². The fourth-order valence-corrected chi connectivity index (χ4v) is 3.17. The number of aliphatic carboxylic acids is 1. The van der Waals surface area contributed by atoms with Crippen molar-refractivity contribution < 1.29 is 14.3 Å². The number of carbonyl (C=O) groups is 1. The van der Waals surface area contributed by atoms with E-state index in [1.807, 2.05) is 37.3 Å². The second kappa shape index (κ2) is 5.74. The number of carboxylic acid groups (broad SMARTS) is 1. The minimum Gasteiger partial charge on any atom is -0.481 e. The zero-order chi connectivity index (χ0) is 14.8. The van der Waals surface area contributed by atoms with E-state index >= 15 is 0 Å². The molecule has 0 spiro atoms. The molecule has 3 unspecified atom stereocenters. The Morgan fingerprint density at radius 2 is 2.00 bits per heavy atom. The molecule has 3 atom stereocenters. The van der Waals surface area contributed by atoms with Crippen LogP contribution in [0.3, 0.4) is 0 Å². The largest absolute Gasteiger partial charge is 0.481 e. The summed E-state index contributed by atoms with van der Waals surface area (Å²) in [5, 5.41) is 9.33. The van der Waals surface area contributed by atoms with Crippen LogP contribution in [0.2, 0.25) is 0 Å². The second-order valence-corrected chi connectivity index (χ2v) is 5.70. The monoisotopic (exact) mass is 285 g/mol. The lowest BCUT2D eigenvalue weighted by atomic mass is 9.99. The van der Waals surface area contributed by atoms with Crippen molar-refractivity contribution in [1.29, 1.82) is 0 Å². The molecule has 1 aromatic heterocycles. The highest BCUT2D eigenvalue weighted by molar-refractivity contribution is 5.71. The molecule has 0 bridgehead atoms. The summed E-state index contributed by atoms with van der Waals surface area (Å²) < 4.78 is 5.60. The summed E-state index contributed by atoms with van der Waals surface area (Å²) in [4.78, 5) is 13.6. The van der Waals surface area contributed by atoms with Gasteiger partial charge >= 0.3 is 5.97 Å². The average molecular weight is 285 g/mol. The Hall–Kier alpha value is -2.07. The summed E-state index contributed by atoms with van der Waals surface area (Å²) in [5.41, 5.74) is 1.13. The third kappa shape index (κ3) is 2.72. The predicted octanol–water partition coefficient (Wildman–Crippen LogP) is 3.02. The molecule has 110 valence electrons. The van der Waals surface area contributed by atoms with Crippen molar-refractivity contribution in [3.63, 3.8) is 0 Å². The molecular formula is C17H19NO3. The smallest absolute Gasteiger partial charge is 0.308 e. The Morgan fingerprint density at radius 3 is 2.57 bits per heavy atom. The van der Waals surface area contributed by atoms with E-state index in [1.54, 1.807) is 6.26 Å². The molecular weight excluding hydrogens is 266 g/mol. The zero-order valence-corrected chi connectivity index (χ0v) is 12.0. The maximum Gasteiger partial charge on any atom is 0.308 e. The Morgan fingerprint density at radius 1 is 1.24 bits per heavy atom. The van der Waals surface area contributed by atoms with Crippen molar-refractivity contribution in [2.75, 3.05) is 13.1 Å². The topological polar surface area (TPSA) is 53.7 Å². The summed E-state index contributed by atoms with van der Waals surface area (Å²) in [6.07, 6.45) is 1.67. The van der Waals surface area contributed by atoms with Crippen molar-refractivity contribution in [2.24, 2.45) is 11.8 Å². The van der Waals surface area contributed by atoms with Crippen LogP contribution >= 0.6 is 0 Å².